The van der Waals surface area contributed by atoms with Gasteiger partial charge in [-0.2, -0.15) is 0 Å². The van der Waals surface area contributed by atoms with E-state index < -0.39 is 0 Å². The summed E-state index contributed by atoms with van der Waals surface area (Å²) in [5.74, 6) is 3.37. The van der Waals surface area contributed by atoms with Gasteiger partial charge in [-0.1, -0.05) is 24.1 Å². The predicted molar refractivity (Wildman–Crippen MR) is 67.9 cm³/mol. The molecule has 16 heavy (non-hydrogen) atoms. The van der Waals surface area contributed by atoms with Crippen molar-refractivity contribution in [1.82, 2.24) is 5.32 Å². The minimum absolute atomic E-state index is 0. The number of nitrogens with one attached hydrogen (secondary N) is 1. The predicted octanol–water partition coefficient (Wildman–Crippen LogP) is 2.37. The molecule has 86 valence electrons. The topological polar surface area (TPSA) is 21.3 Å². The minimum atomic E-state index is 0. The molecule has 0 radical (unpaired) electrons. The molecule has 0 bridgehead atoms. The van der Waals surface area contributed by atoms with Gasteiger partial charge >= 0.3 is 0 Å². The lowest BCUT2D eigenvalue weighted by Crippen LogP contribution is -2.16. The summed E-state index contributed by atoms with van der Waals surface area (Å²) in [6, 6.07) is 8.73. The first-order chi connectivity index (χ1) is 7.40. The van der Waals surface area contributed by atoms with E-state index >= 15 is 0 Å². The van der Waals surface area contributed by atoms with Crippen molar-refractivity contribution < 1.29 is 4.74 Å². The van der Waals surface area contributed by atoms with Crippen LogP contribution in [-0.2, 0) is 6.54 Å². The van der Waals surface area contributed by atoms with Crippen LogP contribution in [0.4, 0.5) is 0 Å². The number of halogens is 1. The minimum Gasteiger partial charge on any atom is -0.481 e. The zero-order valence-electron chi connectivity index (χ0n) is 9.11. The number of terminal acetylenes is 1. The number of para-hydroxylation sites is 1. The van der Waals surface area contributed by atoms with E-state index in [9.17, 15) is 0 Å². The van der Waals surface area contributed by atoms with E-state index in [1.54, 1.807) is 0 Å². The number of hydrogen-bond donors (Lipinski definition) is 1. The molecule has 1 aliphatic carbocycles. The van der Waals surface area contributed by atoms with Crippen molar-refractivity contribution in [2.24, 2.45) is 0 Å². The van der Waals surface area contributed by atoms with E-state index in [1.807, 2.05) is 18.2 Å². The third-order valence-electron chi connectivity index (χ3n) is 2.44. The summed E-state index contributed by atoms with van der Waals surface area (Å²) in [4.78, 5) is 0. The summed E-state index contributed by atoms with van der Waals surface area (Å²) in [5, 5.41) is 3.46. The van der Waals surface area contributed by atoms with Gasteiger partial charge in [0, 0.05) is 18.2 Å². The Morgan fingerprint density at radius 3 is 2.81 bits per heavy atom. The van der Waals surface area contributed by atoms with Gasteiger partial charge in [0.15, 0.2) is 0 Å². The molecule has 1 aromatic carbocycles. The molecule has 2 nitrogen and oxygen atoms in total. The molecular formula is C13H16ClNO. The molecule has 1 aliphatic rings. The van der Waals surface area contributed by atoms with Crippen molar-refractivity contribution in [1.29, 1.82) is 0 Å². The fraction of sp³-hybridized carbons (Fsp3) is 0.385. The Kier molecular flexibility index (Phi) is 5.18. The van der Waals surface area contributed by atoms with E-state index in [1.165, 1.54) is 18.4 Å². The molecule has 0 unspecified atom stereocenters. The van der Waals surface area contributed by atoms with Crippen molar-refractivity contribution in [3.05, 3.63) is 29.8 Å². The molecule has 0 atom stereocenters. The molecule has 0 aliphatic heterocycles. The fourth-order valence-corrected chi connectivity index (χ4v) is 1.45. The summed E-state index contributed by atoms with van der Waals surface area (Å²) in [6.45, 7) is 1.20. The van der Waals surface area contributed by atoms with Crippen molar-refractivity contribution in [3.8, 4) is 18.1 Å². The number of rotatable bonds is 5. The van der Waals surface area contributed by atoms with Crippen molar-refractivity contribution in [2.45, 2.75) is 25.4 Å². The number of benzene rings is 1. The highest BCUT2D eigenvalue weighted by Crippen LogP contribution is 2.22. The SMILES string of the molecule is C#CCOc1ccccc1CNC1CC1.Cl. The maximum atomic E-state index is 5.46. The molecule has 0 amide bonds. The summed E-state index contributed by atoms with van der Waals surface area (Å²) in [7, 11) is 0. The van der Waals surface area contributed by atoms with Crippen molar-refractivity contribution >= 4 is 12.4 Å². The lowest BCUT2D eigenvalue weighted by Gasteiger charge is -2.09. The second-order valence-electron chi connectivity index (χ2n) is 3.76. The third-order valence-corrected chi connectivity index (χ3v) is 2.44. The molecule has 0 spiro atoms. The van der Waals surface area contributed by atoms with E-state index in [4.69, 9.17) is 11.2 Å². The smallest absolute Gasteiger partial charge is 0.148 e. The number of hydrogen-bond acceptors (Lipinski definition) is 2. The summed E-state index contributed by atoms with van der Waals surface area (Å²) < 4.78 is 5.46. The Balaban J connectivity index is 0.00000128. The quantitative estimate of drug-likeness (QED) is 0.794. The van der Waals surface area contributed by atoms with Crippen LogP contribution in [0.15, 0.2) is 24.3 Å². The second-order valence-corrected chi connectivity index (χ2v) is 3.76. The molecule has 2 rings (SSSR count). The molecule has 0 heterocycles. The fourth-order valence-electron chi connectivity index (χ4n) is 1.45. The van der Waals surface area contributed by atoms with Gasteiger partial charge in [-0.05, 0) is 18.9 Å². The molecule has 1 N–H and O–H groups in total. The van der Waals surface area contributed by atoms with Gasteiger partial charge in [-0.3, -0.25) is 0 Å². The lowest BCUT2D eigenvalue weighted by atomic mass is 10.2. The summed E-state index contributed by atoms with van der Waals surface area (Å²) in [5.41, 5.74) is 1.18. The second kappa shape index (κ2) is 6.42. The molecule has 0 saturated heterocycles. The monoisotopic (exact) mass is 237 g/mol. The van der Waals surface area contributed by atoms with Crippen molar-refractivity contribution in [3.63, 3.8) is 0 Å². The highest BCUT2D eigenvalue weighted by atomic mass is 35.5. The van der Waals surface area contributed by atoms with Gasteiger partial charge < -0.3 is 10.1 Å². The van der Waals surface area contributed by atoms with E-state index in [2.05, 4.69) is 17.3 Å². The van der Waals surface area contributed by atoms with Gasteiger partial charge in [0.1, 0.15) is 12.4 Å². The summed E-state index contributed by atoms with van der Waals surface area (Å²) in [6.07, 6.45) is 7.77. The Morgan fingerprint density at radius 1 is 1.38 bits per heavy atom. The van der Waals surface area contributed by atoms with Crippen LogP contribution in [0.1, 0.15) is 18.4 Å². The zero-order chi connectivity index (χ0) is 10.5. The molecule has 0 aromatic heterocycles. The molecule has 1 fully saturated rings. The van der Waals surface area contributed by atoms with E-state index in [-0.39, 0.29) is 12.4 Å². The van der Waals surface area contributed by atoms with Crippen LogP contribution in [0.5, 0.6) is 5.75 Å². The highest BCUT2D eigenvalue weighted by Gasteiger charge is 2.20. The normalized spacial score (nSPS) is 13.7. The Bertz CT molecular complexity index is 368. The first kappa shape index (κ1) is 12.9. The van der Waals surface area contributed by atoms with Crippen LogP contribution in [0.25, 0.3) is 0 Å². The van der Waals surface area contributed by atoms with E-state index in [0.717, 1.165) is 12.3 Å². The molecular weight excluding hydrogens is 222 g/mol. The lowest BCUT2D eigenvalue weighted by molar-refractivity contribution is 0.364. The maximum Gasteiger partial charge on any atom is 0.148 e. The molecule has 1 saturated carbocycles. The maximum absolute atomic E-state index is 5.46. The van der Waals surface area contributed by atoms with Crippen LogP contribution < -0.4 is 10.1 Å². The third kappa shape index (κ3) is 3.77. The zero-order valence-corrected chi connectivity index (χ0v) is 9.93. The Hall–Kier alpha value is -1.17. The largest absolute Gasteiger partial charge is 0.481 e. The molecule has 1 aromatic rings. The average molecular weight is 238 g/mol. The van der Waals surface area contributed by atoms with Gasteiger partial charge in [-0.15, -0.1) is 18.8 Å². The van der Waals surface area contributed by atoms with Crippen LogP contribution in [-0.4, -0.2) is 12.6 Å². The summed E-state index contributed by atoms with van der Waals surface area (Å²) >= 11 is 0. The van der Waals surface area contributed by atoms with Crippen molar-refractivity contribution in [2.75, 3.05) is 6.61 Å². The van der Waals surface area contributed by atoms with Gasteiger partial charge in [-0.25, -0.2) is 0 Å². The molecule has 3 heteroatoms. The average Bonchev–Trinajstić information content (AvgIpc) is 3.08. The van der Waals surface area contributed by atoms with Gasteiger partial charge in [0.25, 0.3) is 0 Å². The Labute approximate surface area is 103 Å². The first-order valence-electron chi connectivity index (χ1n) is 5.27. The van der Waals surface area contributed by atoms with Crippen LogP contribution in [0.2, 0.25) is 0 Å². The van der Waals surface area contributed by atoms with Crippen LogP contribution in [0, 0.1) is 12.3 Å². The Morgan fingerprint density at radius 2 is 2.12 bits per heavy atom. The van der Waals surface area contributed by atoms with Gasteiger partial charge in [0.05, 0.1) is 0 Å². The van der Waals surface area contributed by atoms with Crippen LogP contribution in [0.3, 0.4) is 0 Å². The van der Waals surface area contributed by atoms with Crippen LogP contribution >= 0.6 is 12.4 Å². The van der Waals surface area contributed by atoms with Gasteiger partial charge in [0.2, 0.25) is 0 Å². The first-order valence-corrected chi connectivity index (χ1v) is 5.27. The van der Waals surface area contributed by atoms with E-state index in [0.29, 0.717) is 12.6 Å². The standard InChI is InChI=1S/C13H15NO.ClH/c1-2-9-15-13-6-4-3-5-11(13)10-14-12-7-8-12;/h1,3-6,12,14H,7-10H2;1H. The highest BCUT2D eigenvalue weighted by molar-refractivity contribution is 5.85. The number of ether oxygens (including phenoxy) is 1.